The van der Waals surface area contributed by atoms with E-state index in [1.54, 1.807) is 31.3 Å². The van der Waals surface area contributed by atoms with E-state index < -0.39 is 17.9 Å². The summed E-state index contributed by atoms with van der Waals surface area (Å²) in [6, 6.07) is 10.0. The number of carbonyl (C=O) groups excluding carboxylic acids is 2. The van der Waals surface area contributed by atoms with Crippen LogP contribution in [0.25, 0.3) is 10.9 Å². The van der Waals surface area contributed by atoms with E-state index in [0.29, 0.717) is 11.1 Å². The second-order valence-corrected chi connectivity index (χ2v) is 5.19. The minimum Gasteiger partial charge on any atom is -0.467 e. The topological polar surface area (TPSA) is 92.1 Å². The van der Waals surface area contributed by atoms with Gasteiger partial charge in [0.1, 0.15) is 6.04 Å². The number of nitrogens with zero attached hydrogens (tertiary/aromatic N) is 2. The highest BCUT2D eigenvalue weighted by Gasteiger charge is 2.28. The van der Waals surface area contributed by atoms with Crippen LogP contribution in [0.3, 0.4) is 0 Å². The molecule has 1 N–H and O–H groups in total. The number of nitriles is 1. The smallest absolute Gasteiger partial charge is 0.328 e. The van der Waals surface area contributed by atoms with E-state index in [9.17, 15) is 9.59 Å². The summed E-state index contributed by atoms with van der Waals surface area (Å²) in [7, 11) is 1.25. The van der Waals surface area contributed by atoms with Crippen molar-refractivity contribution in [3.8, 4) is 6.07 Å². The lowest BCUT2D eigenvalue weighted by Gasteiger charge is -2.21. The van der Waals surface area contributed by atoms with Crippen LogP contribution in [0.15, 0.2) is 36.5 Å². The molecule has 1 aromatic carbocycles. The molecule has 1 amide bonds. The molecule has 118 valence electrons. The van der Waals surface area contributed by atoms with Gasteiger partial charge in [0.15, 0.2) is 0 Å². The third kappa shape index (κ3) is 3.64. The predicted molar refractivity (Wildman–Crippen MR) is 84.4 cm³/mol. The summed E-state index contributed by atoms with van der Waals surface area (Å²) >= 11 is 0. The fourth-order valence-corrected chi connectivity index (χ4v) is 2.33. The van der Waals surface area contributed by atoms with E-state index in [4.69, 9.17) is 10.00 Å². The summed E-state index contributed by atoms with van der Waals surface area (Å²) in [5.74, 6) is -1.36. The van der Waals surface area contributed by atoms with E-state index in [0.717, 1.165) is 5.39 Å². The number of rotatable bonds is 5. The lowest BCUT2D eigenvalue weighted by Crippen LogP contribution is -2.45. The van der Waals surface area contributed by atoms with E-state index in [-0.39, 0.29) is 12.3 Å². The Morgan fingerprint density at radius 1 is 1.35 bits per heavy atom. The summed E-state index contributed by atoms with van der Waals surface area (Å²) in [6.07, 6.45) is 1.74. The number of methoxy groups -OCH3 is 1. The molecule has 6 heteroatoms. The Balaban J connectivity index is 2.31. The first-order valence-corrected chi connectivity index (χ1v) is 7.18. The largest absolute Gasteiger partial charge is 0.467 e. The van der Waals surface area contributed by atoms with Gasteiger partial charge < -0.3 is 10.1 Å². The number of hydrogen-bond donors (Lipinski definition) is 1. The van der Waals surface area contributed by atoms with Crippen LogP contribution < -0.4 is 5.32 Å². The molecule has 0 fully saturated rings. The van der Waals surface area contributed by atoms with Gasteiger partial charge in [-0.3, -0.25) is 9.78 Å². The average molecular weight is 311 g/mol. The van der Waals surface area contributed by atoms with Crippen molar-refractivity contribution < 1.29 is 14.3 Å². The number of hydrogen-bond acceptors (Lipinski definition) is 5. The van der Waals surface area contributed by atoms with Crippen LogP contribution in [-0.2, 0) is 9.53 Å². The van der Waals surface area contributed by atoms with Gasteiger partial charge in [-0.2, -0.15) is 5.26 Å². The van der Waals surface area contributed by atoms with Crippen LogP contribution in [0.1, 0.15) is 23.7 Å². The SMILES string of the molecule is COC(=O)[C@H](NC(=O)c1cccc2cccnc12)[C@@H](C)CC#N. The fraction of sp³-hybridized carbons (Fsp3) is 0.294. The normalized spacial score (nSPS) is 12.9. The Labute approximate surface area is 134 Å². The summed E-state index contributed by atoms with van der Waals surface area (Å²) in [6.45, 7) is 1.71. The molecule has 0 saturated heterocycles. The summed E-state index contributed by atoms with van der Waals surface area (Å²) < 4.78 is 4.73. The molecule has 1 heterocycles. The van der Waals surface area contributed by atoms with Gasteiger partial charge in [-0.25, -0.2) is 4.79 Å². The summed E-state index contributed by atoms with van der Waals surface area (Å²) in [5, 5.41) is 12.3. The maximum Gasteiger partial charge on any atom is 0.328 e. The molecule has 0 spiro atoms. The average Bonchev–Trinajstić information content (AvgIpc) is 2.58. The molecule has 2 rings (SSSR count). The maximum atomic E-state index is 12.6. The maximum absolute atomic E-state index is 12.6. The highest BCUT2D eigenvalue weighted by molar-refractivity contribution is 6.06. The van der Waals surface area contributed by atoms with Crippen molar-refractivity contribution in [3.63, 3.8) is 0 Å². The number of fused-ring (bicyclic) bond motifs is 1. The highest BCUT2D eigenvalue weighted by Crippen LogP contribution is 2.17. The first-order valence-electron chi connectivity index (χ1n) is 7.18. The first-order chi connectivity index (χ1) is 11.1. The molecule has 2 aromatic rings. The standard InChI is InChI=1S/C17H17N3O3/c1-11(8-9-18)14(17(22)23-2)20-16(21)13-7-3-5-12-6-4-10-19-15(12)13/h3-7,10-11,14H,8H2,1-2H3,(H,20,21)/t11-,14+/m0/s1. The molecular weight excluding hydrogens is 294 g/mol. The number of para-hydroxylation sites is 1. The number of carbonyl (C=O) groups is 2. The summed E-state index contributed by atoms with van der Waals surface area (Å²) in [5.41, 5.74) is 0.935. The second kappa shape index (κ2) is 7.36. The Hall–Kier alpha value is -2.94. The molecule has 1 aromatic heterocycles. The molecule has 0 aliphatic rings. The van der Waals surface area contributed by atoms with Gasteiger partial charge in [0, 0.05) is 23.9 Å². The van der Waals surface area contributed by atoms with Gasteiger partial charge in [0.2, 0.25) is 0 Å². The summed E-state index contributed by atoms with van der Waals surface area (Å²) in [4.78, 5) is 28.7. The second-order valence-electron chi connectivity index (χ2n) is 5.19. The molecule has 0 aliphatic carbocycles. The van der Waals surface area contributed by atoms with Gasteiger partial charge in [0.25, 0.3) is 5.91 Å². The monoisotopic (exact) mass is 311 g/mol. The number of pyridine rings is 1. The molecule has 0 aliphatic heterocycles. The van der Waals surface area contributed by atoms with Crippen molar-refractivity contribution in [3.05, 3.63) is 42.1 Å². The highest BCUT2D eigenvalue weighted by atomic mass is 16.5. The zero-order valence-corrected chi connectivity index (χ0v) is 12.9. The molecule has 23 heavy (non-hydrogen) atoms. The molecule has 0 radical (unpaired) electrons. The number of nitrogens with one attached hydrogen (secondary N) is 1. The van der Waals surface area contributed by atoms with Gasteiger partial charge in [-0.05, 0) is 12.1 Å². The molecule has 0 unspecified atom stereocenters. The van der Waals surface area contributed by atoms with Crippen LogP contribution >= 0.6 is 0 Å². The van der Waals surface area contributed by atoms with E-state index in [2.05, 4.69) is 10.3 Å². The van der Waals surface area contributed by atoms with Crippen molar-refractivity contribution >= 4 is 22.8 Å². The van der Waals surface area contributed by atoms with E-state index in [1.807, 2.05) is 18.2 Å². The predicted octanol–water partition coefficient (Wildman–Crippen LogP) is 2.06. The quantitative estimate of drug-likeness (QED) is 0.853. The van der Waals surface area contributed by atoms with Crippen LogP contribution in [0.2, 0.25) is 0 Å². The van der Waals surface area contributed by atoms with Crippen LogP contribution in [0, 0.1) is 17.2 Å². The van der Waals surface area contributed by atoms with Gasteiger partial charge in [-0.15, -0.1) is 0 Å². The number of esters is 1. The number of ether oxygens (including phenoxy) is 1. The van der Waals surface area contributed by atoms with Gasteiger partial charge >= 0.3 is 5.97 Å². The Kier molecular flexibility index (Phi) is 5.26. The molecule has 2 atom stereocenters. The lowest BCUT2D eigenvalue weighted by atomic mass is 9.98. The fourth-order valence-electron chi connectivity index (χ4n) is 2.33. The van der Waals surface area contributed by atoms with Crippen molar-refractivity contribution in [1.82, 2.24) is 10.3 Å². The molecule has 0 bridgehead atoms. The van der Waals surface area contributed by atoms with Gasteiger partial charge in [0.05, 0.1) is 24.3 Å². The van der Waals surface area contributed by atoms with Crippen LogP contribution in [-0.4, -0.2) is 30.0 Å². The zero-order chi connectivity index (χ0) is 16.8. The third-order valence-corrected chi connectivity index (χ3v) is 3.60. The van der Waals surface area contributed by atoms with Gasteiger partial charge in [-0.1, -0.05) is 25.1 Å². The zero-order valence-electron chi connectivity index (χ0n) is 12.9. The number of aromatic nitrogens is 1. The first kappa shape index (κ1) is 16.4. The number of amides is 1. The third-order valence-electron chi connectivity index (χ3n) is 3.60. The van der Waals surface area contributed by atoms with Crippen molar-refractivity contribution in [2.45, 2.75) is 19.4 Å². The van der Waals surface area contributed by atoms with Crippen molar-refractivity contribution in [2.24, 2.45) is 5.92 Å². The molecular formula is C17H17N3O3. The van der Waals surface area contributed by atoms with Crippen LogP contribution in [0.4, 0.5) is 0 Å². The van der Waals surface area contributed by atoms with Crippen molar-refractivity contribution in [1.29, 1.82) is 5.26 Å². The molecule has 0 saturated carbocycles. The van der Waals surface area contributed by atoms with E-state index >= 15 is 0 Å². The minimum atomic E-state index is -0.883. The Bertz CT molecular complexity index is 762. The Morgan fingerprint density at radius 3 is 2.78 bits per heavy atom. The number of benzene rings is 1. The molecule has 6 nitrogen and oxygen atoms in total. The van der Waals surface area contributed by atoms with Crippen LogP contribution in [0.5, 0.6) is 0 Å². The lowest BCUT2D eigenvalue weighted by molar-refractivity contribution is -0.144. The van der Waals surface area contributed by atoms with E-state index in [1.165, 1.54) is 7.11 Å². The Morgan fingerprint density at radius 2 is 2.09 bits per heavy atom. The van der Waals surface area contributed by atoms with Crippen molar-refractivity contribution in [2.75, 3.05) is 7.11 Å². The minimum absolute atomic E-state index is 0.133.